The molecule has 0 aromatic heterocycles. The summed E-state index contributed by atoms with van der Waals surface area (Å²) in [5.74, 6) is 0. The van der Waals surface area contributed by atoms with Crippen LogP contribution in [0.3, 0.4) is 0 Å². The molecule has 0 heterocycles. The van der Waals surface area contributed by atoms with Gasteiger partial charge in [-0.15, -0.1) is 0 Å². The summed E-state index contributed by atoms with van der Waals surface area (Å²) in [5, 5.41) is 0. The summed E-state index contributed by atoms with van der Waals surface area (Å²) in [4.78, 5) is 11.1. The summed E-state index contributed by atoms with van der Waals surface area (Å²) in [6, 6.07) is 0. The minimum atomic E-state index is -0.548. The molecule has 3 heteroatoms. The van der Waals surface area contributed by atoms with Crippen LogP contribution in [0, 0.1) is 0 Å². The molecule has 0 aliphatic carbocycles. The van der Waals surface area contributed by atoms with Crippen molar-refractivity contribution in [1.82, 2.24) is 0 Å². The Kier molecular flexibility index (Phi) is 5.51. The lowest BCUT2D eigenvalue weighted by Gasteiger charge is -2.25. The van der Waals surface area contributed by atoms with Gasteiger partial charge in [-0.05, 0) is 26.2 Å². The molecule has 0 aliphatic rings. The molecule has 78 valence electrons. The van der Waals surface area contributed by atoms with Crippen molar-refractivity contribution in [2.75, 3.05) is 6.61 Å². The van der Waals surface area contributed by atoms with E-state index in [-0.39, 0.29) is 5.60 Å². The highest BCUT2D eigenvalue weighted by molar-refractivity contribution is 5.60. The Balaban J connectivity index is 3.87. The van der Waals surface area contributed by atoms with Crippen molar-refractivity contribution >= 4 is 6.16 Å². The lowest BCUT2D eigenvalue weighted by Crippen LogP contribution is -2.30. The molecule has 13 heavy (non-hydrogen) atoms. The van der Waals surface area contributed by atoms with Gasteiger partial charge in [0.15, 0.2) is 0 Å². The Bertz CT molecular complexity index is 150. The van der Waals surface area contributed by atoms with Crippen LogP contribution in [-0.4, -0.2) is 18.4 Å². The van der Waals surface area contributed by atoms with Gasteiger partial charge in [0.25, 0.3) is 0 Å². The van der Waals surface area contributed by atoms with Crippen LogP contribution in [0.1, 0.15) is 47.0 Å². The molecular formula is C10H20O3. The van der Waals surface area contributed by atoms with Crippen molar-refractivity contribution in [1.29, 1.82) is 0 Å². The molecule has 0 fully saturated rings. The topological polar surface area (TPSA) is 35.5 Å². The summed E-state index contributed by atoms with van der Waals surface area (Å²) < 4.78 is 10.0. The van der Waals surface area contributed by atoms with Gasteiger partial charge in [0.1, 0.15) is 5.60 Å². The van der Waals surface area contributed by atoms with Gasteiger partial charge in [-0.3, -0.25) is 0 Å². The minimum Gasteiger partial charge on any atom is -0.434 e. The monoisotopic (exact) mass is 188 g/mol. The molecule has 0 aliphatic heterocycles. The van der Waals surface area contributed by atoms with Crippen molar-refractivity contribution in [2.24, 2.45) is 0 Å². The fraction of sp³-hybridized carbons (Fsp3) is 0.900. The third-order valence-corrected chi connectivity index (χ3v) is 2.25. The fourth-order valence-electron chi connectivity index (χ4n) is 0.810. The van der Waals surface area contributed by atoms with E-state index in [4.69, 9.17) is 9.47 Å². The number of ether oxygens (including phenoxy) is 2. The van der Waals surface area contributed by atoms with Crippen molar-refractivity contribution in [3.8, 4) is 0 Å². The van der Waals surface area contributed by atoms with E-state index in [9.17, 15) is 4.79 Å². The lowest BCUT2D eigenvalue weighted by atomic mass is 10.0. The maximum Gasteiger partial charge on any atom is 0.508 e. The van der Waals surface area contributed by atoms with E-state index in [1.807, 2.05) is 27.7 Å². The van der Waals surface area contributed by atoms with Crippen LogP contribution in [0.4, 0.5) is 4.79 Å². The predicted molar refractivity (Wildman–Crippen MR) is 51.7 cm³/mol. The summed E-state index contributed by atoms with van der Waals surface area (Å²) in [7, 11) is 0. The molecule has 0 radical (unpaired) electrons. The van der Waals surface area contributed by atoms with Gasteiger partial charge in [-0.1, -0.05) is 20.8 Å². The Hall–Kier alpha value is -0.730. The van der Waals surface area contributed by atoms with Crippen molar-refractivity contribution in [2.45, 2.75) is 52.6 Å². The molecule has 0 N–H and O–H groups in total. The second-order valence-electron chi connectivity index (χ2n) is 3.36. The van der Waals surface area contributed by atoms with Crippen molar-refractivity contribution in [3.05, 3.63) is 0 Å². The average molecular weight is 188 g/mol. The average Bonchev–Trinajstić information content (AvgIpc) is 2.14. The third-order valence-electron chi connectivity index (χ3n) is 2.25. The molecule has 0 atom stereocenters. The number of hydrogen-bond donors (Lipinski definition) is 0. The summed E-state index contributed by atoms with van der Waals surface area (Å²) in [5.41, 5.74) is -0.370. The van der Waals surface area contributed by atoms with Crippen molar-refractivity contribution in [3.63, 3.8) is 0 Å². The van der Waals surface area contributed by atoms with E-state index in [2.05, 4.69) is 0 Å². The van der Waals surface area contributed by atoms with E-state index < -0.39 is 6.16 Å². The number of rotatable bonds is 5. The van der Waals surface area contributed by atoms with Crippen molar-refractivity contribution < 1.29 is 14.3 Å². The highest BCUT2D eigenvalue weighted by Crippen LogP contribution is 2.19. The Labute approximate surface area is 80.4 Å². The van der Waals surface area contributed by atoms with E-state index in [0.717, 1.165) is 19.3 Å². The molecule has 0 aromatic rings. The molecular weight excluding hydrogens is 168 g/mol. The van der Waals surface area contributed by atoms with Gasteiger partial charge in [0.2, 0.25) is 0 Å². The first kappa shape index (κ1) is 12.3. The Morgan fingerprint density at radius 2 is 1.77 bits per heavy atom. The lowest BCUT2D eigenvalue weighted by molar-refractivity contribution is -0.0297. The fourth-order valence-corrected chi connectivity index (χ4v) is 0.810. The first-order chi connectivity index (χ1) is 6.08. The number of hydrogen-bond acceptors (Lipinski definition) is 3. The first-order valence-corrected chi connectivity index (χ1v) is 4.93. The molecule has 0 unspecified atom stereocenters. The highest BCUT2D eigenvalue weighted by atomic mass is 16.7. The molecule has 0 spiro atoms. The first-order valence-electron chi connectivity index (χ1n) is 4.93. The summed E-state index contributed by atoms with van der Waals surface area (Å²) >= 11 is 0. The molecule has 0 saturated heterocycles. The zero-order valence-electron chi connectivity index (χ0n) is 9.05. The Morgan fingerprint density at radius 3 is 2.15 bits per heavy atom. The molecule has 0 bridgehead atoms. The minimum absolute atomic E-state index is 0.370. The highest BCUT2D eigenvalue weighted by Gasteiger charge is 2.25. The van der Waals surface area contributed by atoms with Gasteiger partial charge in [-0.25, -0.2) is 4.79 Å². The number of carbonyl (C=O) groups excluding carboxylic acids is 1. The maximum absolute atomic E-state index is 11.1. The molecule has 0 saturated carbocycles. The Morgan fingerprint density at radius 1 is 1.23 bits per heavy atom. The van der Waals surface area contributed by atoms with Crippen LogP contribution >= 0.6 is 0 Å². The van der Waals surface area contributed by atoms with Gasteiger partial charge in [0, 0.05) is 0 Å². The van der Waals surface area contributed by atoms with Crippen LogP contribution < -0.4 is 0 Å². The SMILES string of the molecule is CCCOC(=O)OC(C)(CC)CC. The molecule has 3 nitrogen and oxygen atoms in total. The largest absolute Gasteiger partial charge is 0.508 e. The standard InChI is InChI=1S/C10H20O3/c1-5-8-12-9(11)13-10(4,6-2)7-3/h5-8H2,1-4H3. The maximum atomic E-state index is 11.1. The second-order valence-corrected chi connectivity index (χ2v) is 3.36. The number of carbonyl (C=O) groups is 1. The summed E-state index contributed by atoms with van der Waals surface area (Å²) in [6.45, 7) is 8.29. The normalized spacial score (nSPS) is 11.1. The quantitative estimate of drug-likeness (QED) is 0.622. The van der Waals surface area contributed by atoms with Crippen LogP contribution in [0.15, 0.2) is 0 Å². The van der Waals surface area contributed by atoms with Gasteiger partial charge in [0.05, 0.1) is 6.61 Å². The van der Waals surface area contributed by atoms with E-state index in [1.54, 1.807) is 0 Å². The molecule has 0 aromatic carbocycles. The zero-order valence-corrected chi connectivity index (χ0v) is 9.05. The van der Waals surface area contributed by atoms with E-state index in [1.165, 1.54) is 0 Å². The van der Waals surface area contributed by atoms with Gasteiger partial charge >= 0.3 is 6.16 Å². The van der Waals surface area contributed by atoms with E-state index in [0.29, 0.717) is 6.61 Å². The van der Waals surface area contributed by atoms with Gasteiger partial charge < -0.3 is 9.47 Å². The molecule has 0 amide bonds. The second kappa shape index (κ2) is 5.84. The zero-order chi connectivity index (χ0) is 10.3. The van der Waals surface area contributed by atoms with Crippen LogP contribution in [0.2, 0.25) is 0 Å². The summed E-state index contributed by atoms with van der Waals surface area (Å²) in [6.07, 6.45) is 1.90. The van der Waals surface area contributed by atoms with Gasteiger partial charge in [-0.2, -0.15) is 0 Å². The smallest absolute Gasteiger partial charge is 0.434 e. The predicted octanol–water partition coefficient (Wildman–Crippen LogP) is 3.13. The third kappa shape index (κ3) is 4.76. The van der Waals surface area contributed by atoms with E-state index >= 15 is 0 Å². The van der Waals surface area contributed by atoms with Crippen LogP contribution in [0.5, 0.6) is 0 Å². The van der Waals surface area contributed by atoms with Crippen LogP contribution in [0.25, 0.3) is 0 Å². The molecule has 0 rings (SSSR count). The van der Waals surface area contributed by atoms with Crippen LogP contribution in [-0.2, 0) is 9.47 Å².